The minimum Gasteiger partial charge on any atom is -0.326 e. The quantitative estimate of drug-likeness (QED) is 0.789. The molecule has 0 aliphatic rings. The van der Waals surface area contributed by atoms with Gasteiger partial charge < -0.3 is 5.73 Å². The molecule has 6 nitrogen and oxygen atoms in total. The molecule has 0 saturated heterocycles. The second-order valence-electron chi connectivity index (χ2n) is 3.54. The number of nitrogens with one attached hydrogen (secondary N) is 2. The van der Waals surface area contributed by atoms with Gasteiger partial charge in [0.25, 0.3) is 10.0 Å². The molecule has 1 aromatic heterocycles. The predicted molar refractivity (Wildman–Crippen MR) is 68.7 cm³/mol. The van der Waals surface area contributed by atoms with Crippen molar-refractivity contribution in [1.82, 2.24) is 10.2 Å². The summed E-state index contributed by atoms with van der Waals surface area (Å²) in [5.41, 5.74) is 6.28. The molecule has 0 unspecified atom stereocenters. The van der Waals surface area contributed by atoms with Gasteiger partial charge in [-0.3, -0.25) is 9.82 Å². The van der Waals surface area contributed by atoms with Gasteiger partial charge >= 0.3 is 0 Å². The summed E-state index contributed by atoms with van der Waals surface area (Å²) < 4.78 is 26.5. The van der Waals surface area contributed by atoms with Crippen LogP contribution < -0.4 is 10.5 Å². The van der Waals surface area contributed by atoms with Crippen molar-refractivity contribution in [2.24, 2.45) is 5.73 Å². The van der Waals surface area contributed by atoms with Crippen LogP contribution in [0.2, 0.25) is 5.02 Å². The fourth-order valence-electron chi connectivity index (χ4n) is 1.40. The van der Waals surface area contributed by atoms with E-state index < -0.39 is 10.0 Å². The first-order valence-corrected chi connectivity index (χ1v) is 6.90. The summed E-state index contributed by atoms with van der Waals surface area (Å²) in [6.45, 7) is 0.0906. The Hall–Kier alpha value is -1.57. The maximum Gasteiger partial charge on any atom is 0.279 e. The van der Waals surface area contributed by atoms with E-state index in [9.17, 15) is 8.42 Å². The Balaban J connectivity index is 2.30. The first-order valence-electron chi connectivity index (χ1n) is 5.03. The lowest BCUT2D eigenvalue weighted by molar-refractivity contribution is 0.596. The SMILES string of the molecule is NCc1cn[nH]c1S(=O)(=O)Nc1ccc(Cl)cc1. The fourth-order valence-corrected chi connectivity index (χ4v) is 2.73. The number of anilines is 1. The van der Waals surface area contributed by atoms with Gasteiger partial charge in [-0.25, -0.2) is 0 Å². The average molecular weight is 287 g/mol. The zero-order chi connectivity index (χ0) is 13.2. The molecule has 8 heteroatoms. The van der Waals surface area contributed by atoms with Gasteiger partial charge in [0.05, 0.1) is 6.20 Å². The minimum atomic E-state index is -3.72. The third-order valence-corrected chi connectivity index (χ3v) is 3.91. The molecule has 0 radical (unpaired) electrons. The average Bonchev–Trinajstić information content (AvgIpc) is 2.81. The number of nitrogens with zero attached hydrogens (tertiary/aromatic N) is 1. The number of nitrogens with two attached hydrogens (primary N) is 1. The Morgan fingerprint density at radius 1 is 1.33 bits per heavy atom. The van der Waals surface area contributed by atoms with Gasteiger partial charge in [0, 0.05) is 22.8 Å². The number of halogens is 1. The molecule has 4 N–H and O–H groups in total. The number of rotatable bonds is 4. The number of H-pyrrole nitrogens is 1. The topological polar surface area (TPSA) is 101 Å². The number of hydrogen-bond donors (Lipinski definition) is 3. The van der Waals surface area contributed by atoms with Crippen LogP contribution in [0, 0.1) is 0 Å². The highest BCUT2D eigenvalue weighted by molar-refractivity contribution is 7.92. The predicted octanol–water partition coefficient (Wildman–Crippen LogP) is 1.32. The van der Waals surface area contributed by atoms with Crippen LogP contribution in [0.4, 0.5) is 5.69 Å². The van der Waals surface area contributed by atoms with Gasteiger partial charge in [-0.05, 0) is 24.3 Å². The normalized spacial score (nSPS) is 11.4. The van der Waals surface area contributed by atoms with Crippen LogP contribution in [-0.2, 0) is 16.6 Å². The molecule has 0 fully saturated rings. The highest BCUT2D eigenvalue weighted by atomic mass is 35.5. The van der Waals surface area contributed by atoms with E-state index in [1.54, 1.807) is 24.3 Å². The molecule has 0 saturated carbocycles. The van der Waals surface area contributed by atoms with Crippen LogP contribution in [-0.4, -0.2) is 18.6 Å². The van der Waals surface area contributed by atoms with Gasteiger partial charge in [0.15, 0.2) is 5.03 Å². The van der Waals surface area contributed by atoms with Crippen molar-refractivity contribution in [2.45, 2.75) is 11.6 Å². The van der Waals surface area contributed by atoms with Crippen molar-refractivity contribution in [2.75, 3.05) is 4.72 Å². The van der Waals surface area contributed by atoms with E-state index >= 15 is 0 Å². The summed E-state index contributed by atoms with van der Waals surface area (Å²) >= 11 is 5.72. The van der Waals surface area contributed by atoms with Gasteiger partial charge in [-0.15, -0.1) is 0 Å². The largest absolute Gasteiger partial charge is 0.326 e. The smallest absolute Gasteiger partial charge is 0.279 e. The lowest BCUT2D eigenvalue weighted by Gasteiger charge is -2.07. The Morgan fingerprint density at radius 3 is 2.61 bits per heavy atom. The van der Waals surface area contributed by atoms with Gasteiger partial charge in [-0.1, -0.05) is 11.6 Å². The monoisotopic (exact) mass is 286 g/mol. The molecule has 0 bridgehead atoms. The molecule has 0 atom stereocenters. The summed E-state index contributed by atoms with van der Waals surface area (Å²) in [6.07, 6.45) is 1.39. The number of sulfonamides is 1. The Labute approximate surface area is 109 Å². The molecule has 0 aliphatic heterocycles. The van der Waals surface area contributed by atoms with Gasteiger partial charge in [0.1, 0.15) is 0 Å². The van der Waals surface area contributed by atoms with Crippen molar-refractivity contribution >= 4 is 27.3 Å². The lowest BCUT2D eigenvalue weighted by atomic mass is 10.3. The highest BCUT2D eigenvalue weighted by Gasteiger charge is 2.20. The maximum absolute atomic E-state index is 12.1. The standard InChI is InChI=1S/C10H11ClN4O2S/c11-8-1-3-9(4-2-8)15-18(16,17)10-7(5-12)6-13-14-10/h1-4,6,15H,5,12H2,(H,13,14). The molecule has 0 aliphatic carbocycles. The van der Waals surface area contributed by atoms with Crippen molar-refractivity contribution in [3.05, 3.63) is 41.0 Å². The van der Waals surface area contributed by atoms with Crippen LogP contribution in [0.25, 0.3) is 0 Å². The first kappa shape index (κ1) is 12.9. The number of aromatic nitrogens is 2. The second kappa shape index (κ2) is 4.97. The Morgan fingerprint density at radius 2 is 2.00 bits per heavy atom. The molecule has 2 aromatic rings. The molecule has 1 aromatic carbocycles. The number of aromatic amines is 1. The highest BCUT2D eigenvalue weighted by Crippen LogP contribution is 2.18. The van der Waals surface area contributed by atoms with Crippen molar-refractivity contribution in [3.8, 4) is 0 Å². The van der Waals surface area contributed by atoms with Crippen LogP contribution in [0.3, 0.4) is 0 Å². The molecule has 2 rings (SSSR count). The third-order valence-electron chi connectivity index (χ3n) is 2.26. The molecule has 1 heterocycles. The summed E-state index contributed by atoms with van der Waals surface area (Å²) in [5, 5.41) is 6.59. The van der Waals surface area contributed by atoms with Crippen LogP contribution in [0.1, 0.15) is 5.56 Å². The van der Waals surface area contributed by atoms with E-state index in [0.29, 0.717) is 16.3 Å². The Bertz CT molecular complexity index is 636. The Kier molecular flexibility index (Phi) is 3.55. The molecule has 96 valence electrons. The summed E-state index contributed by atoms with van der Waals surface area (Å²) in [5.74, 6) is 0. The summed E-state index contributed by atoms with van der Waals surface area (Å²) in [6, 6.07) is 6.32. The van der Waals surface area contributed by atoms with E-state index in [-0.39, 0.29) is 11.6 Å². The van der Waals surface area contributed by atoms with Crippen molar-refractivity contribution in [1.29, 1.82) is 0 Å². The fraction of sp³-hybridized carbons (Fsp3) is 0.100. The van der Waals surface area contributed by atoms with Gasteiger partial charge in [0.2, 0.25) is 0 Å². The lowest BCUT2D eigenvalue weighted by Crippen LogP contribution is -2.16. The number of benzene rings is 1. The van der Waals surface area contributed by atoms with Crippen LogP contribution >= 0.6 is 11.6 Å². The van der Waals surface area contributed by atoms with Crippen LogP contribution in [0.15, 0.2) is 35.5 Å². The number of hydrogen-bond acceptors (Lipinski definition) is 4. The van der Waals surface area contributed by atoms with E-state index in [2.05, 4.69) is 14.9 Å². The molecular weight excluding hydrogens is 276 g/mol. The molecule has 0 spiro atoms. The zero-order valence-electron chi connectivity index (χ0n) is 9.22. The summed E-state index contributed by atoms with van der Waals surface area (Å²) in [4.78, 5) is 0. The third kappa shape index (κ3) is 2.63. The van der Waals surface area contributed by atoms with Gasteiger partial charge in [-0.2, -0.15) is 13.5 Å². The van der Waals surface area contributed by atoms with Crippen LogP contribution in [0.5, 0.6) is 0 Å². The first-order chi connectivity index (χ1) is 8.53. The van der Waals surface area contributed by atoms with Crippen molar-refractivity contribution in [3.63, 3.8) is 0 Å². The minimum absolute atomic E-state index is 0.0278. The molecule has 18 heavy (non-hydrogen) atoms. The van der Waals surface area contributed by atoms with E-state index in [1.807, 2.05) is 0 Å². The molecular formula is C10H11ClN4O2S. The zero-order valence-corrected chi connectivity index (χ0v) is 10.8. The molecule has 0 amide bonds. The van der Waals surface area contributed by atoms with E-state index in [4.69, 9.17) is 17.3 Å². The summed E-state index contributed by atoms with van der Waals surface area (Å²) in [7, 11) is -3.72. The van der Waals surface area contributed by atoms with E-state index in [0.717, 1.165) is 0 Å². The second-order valence-corrected chi connectivity index (χ2v) is 5.60. The maximum atomic E-state index is 12.1. The van der Waals surface area contributed by atoms with Crippen molar-refractivity contribution < 1.29 is 8.42 Å². The van der Waals surface area contributed by atoms with E-state index in [1.165, 1.54) is 6.20 Å².